The van der Waals surface area contributed by atoms with E-state index in [1.165, 1.54) is 0 Å². The molecule has 0 saturated heterocycles. The molecule has 1 saturated carbocycles. The Balaban J connectivity index is 1.58. The predicted octanol–water partition coefficient (Wildman–Crippen LogP) is 3.25. The standard InChI is InChI=1S/C24H31N3O3/c1-16(2)22(24(30)27-26-23(29)18-10-4-3-5-11-18)25-21(28)15-19-13-8-12-17-9-6-7-14-20(17)19/h6-9,12-14,16,18,22H,3-5,10-11,15H2,1-2H3,(H,25,28)(H,26,29)(H,27,30)/t22-/m0/s1. The summed E-state index contributed by atoms with van der Waals surface area (Å²) in [6.07, 6.45) is 5.16. The van der Waals surface area contributed by atoms with Crippen molar-refractivity contribution < 1.29 is 14.4 Å². The molecule has 3 N–H and O–H groups in total. The lowest BCUT2D eigenvalue weighted by molar-refractivity contribution is -0.134. The van der Waals surface area contributed by atoms with Gasteiger partial charge in [0.25, 0.3) is 5.91 Å². The van der Waals surface area contributed by atoms with Crippen molar-refractivity contribution in [1.82, 2.24) is 16.2 Å². The molecule has 0 radical (unpaired) electrons. The molecule has 0 unspecified atom stereocenters. The monoisotopic (exact) mass is 409 g/mol. The van der Waals surface area contributed by atoms with Crippen molar-refractivity contribution >= 4 is 28.5 Å². The summed E-state index contributed by atoms with van der Waals surface area (Å²) in [5, 5.41) is 4.93. The Labute approximate surface area is 177 Å². The van der Waals surface area contributed by atoms with Crippen molar-refractivity contribution in [2.75, 3.05) is 0 Å². The molecule has 1 atom stereocenters. The van der Waals surface area contributed by atoms with Gasteiger partial charge in [-0.2, -0.15) is 0 Å². The van der Waals surface area contributed by atoms with Gasteiger partial charge in [0.1, 0.15) is 6.04 Å². The van der Waals surface area contributed by atoms with Gasteiger partial charge in [0.15, 0.2) is 0 Å². The van der Waals surface area contributed by atoms with Gasteiger partial charge in [-0.1, -0.05) is 75.6 Å². The minimum atomic E-state index is -0.723. The van der Waals surface area contributed by atoms with Crippen LogP contribution in [0.4, 0.5) is 0 Å². The minimum absolute atomic E-state index is 0.0440. The third-order valence-electron chi connectivity index (χ3n) is 5.78. The highest BCUT2D eigenvalue weighted by Crippen LogP contribution is 2.23. The number of nitrogens with one attached hydrogen (secondary N) is 3. The molecule has 3 amide bonds. The molecule has 3 rings (SSSR count). The summed E-state index contributed by atoms with van der Waals surface area (Å²) in [5.74, 6) is -0.933. The van der Waals surface area contributed by atoms with E-state index in [0.717, 1.165) is 48.4 Å². The molecule has 160 valence electrons. The van der Waals surface area contributed by atoms with Crippen molar-refractivity contribution in [3.05, 3.63) is 48.0 Å². The molecule has 0 aromatic heterocycles. The zero-order valence-corrected chi connectivity index (χ0v) is 17.7. The highest BCUT2D eigenvalue weighted by molar-refractivity contribution is 5.93. The third kappa shape index (κ3) is 5.59. The van der Waals surface area contributed by atoms with Gasteiger partial charge in [-0.25, -0.2) is 0 Å². The van der Waals surface area contributed by atoms with Crippen molar-refractivity contribution in [3.63, 3.8) is 0 Å². The Kier molecular flexibility index (Phi) is 7.44. The van der Waals surface area contributed by atoms with Gasteiger partial charge in [0.2, 0.25) is 11.8 Å². The van der Waals surface area contributed by atoms with Crippen LogP contribution in [0.2, 0.25) is 0 Å². The number of rotatable bonds is 6. The Morgan fingerprint density at radius 3 is 2.37 bits per heavy atom. The molecule has 0 heterocycles. The number of carbonyl (C=O) groups is 3. The van der Waals surface area contributed by atoms with Gasteiger partial charge in [-0.15, -0.1) is 0 Å². The Morgan fingerprint density at radius 2 is 1.63 bits per heavy atom. The maximum absolute atomic E-state index is 12.7. The Morgan fingerprint density at radius 1 is 0.933 bits per heavy atom. The fourth-order valence-corrected chi connectivity index (χ4v) is 4.05. The summed E-state index contributed by atoms with van der Waals surface area (Å²) < 4.78 is 0. The quantitative estimate of drug-likeness (QED) is 0.640. The van der Waals surface area contributed by atoms with Crippen molar-refractivity contribution in [1.29, 1.82) is 0 Å². The van der Waals surface area contributed by atoms with E-state index in [1.807, 2.05) is 56.3 Å². The number of carbonyl (C=O) groups excluding carboxylic acids is 3. The molecule has 2 aromatic carbocycles. The summed E-state index contributed by atoms with van der Waals surface area (Å²) in [4.78, 5) is 37.6. The summed E-state index contributed by atoms with van der Waals surface area (Å²) >= 11 is 0. The molecule has 0 aliphatic heterocycles. The summed E-state index contributed by atoms with van der Waals surface area (Å²) in [7, 11) is 0. The van der Waals surface area contributed by atoms with Gasteiger partial charge in [-0.05, 0) is 35.1 Å². The van der Waals surface area contributed by atoms with Crippen LogP contribution in [0.25, 0.3) is 10.8 Å². The van der Waals surface area contributed by atoms with E-state index >= 15 is 0 Å². The van der Waals surface area contributed by atoms with E-state index in [1.54, 1.807) is 0 Å². The van der Waals surface area contributed by atoms with Crippen LogP contribution < -0.4 is 16.2 Å². The highest BCUT2D eigenvalue weighted by Gasteiger charge is 2.26. The second kappa shape index (κ2) is 10.2. The zero-order valence-electron chi connectivity index (χ0n) is 17.7. The zero-order chi connectivity index (χ0) is 21.5. The lowest BCUT2D eigenvalue weighted by atomic mass is 9.89. The van der Waals surface area contributed by atoms with Gasteiger partial charge >= 0.3 is 0 Å². The molecule has 2 aromatic rings. The second-order valence-electron chi connectivity index (χ2n) is 8.42. The van der Waals surface area contributed by atoms with Crippen molar-refractivity contribution in [2.24, 2.45) is 11.8 Å². The average Bonchev–Trinajstić information content (AvgIpc) is 2.76. The first-order valence-corrected chi connectivity index (χ1v) is 10.8. The van der Waals surface area contributed by atoms with Crippen LogP contribution >= 0.6 is 0 Å². The van der Waals surface area contributed by atoms with Crippen LogP contribution in [0.15, 0.2) is 42.5 Å². The number of amides is 3. The SMILES string of the molecule is CC(C)[C@H](NC(=O)Cc1cccc2ccccc12)C(=O)NNC(=O)C1CCCCC1. The number of benzene rings is 2. The van der Waals surface area contributed by atoms with Crippen molar-refractivity contribution in [2.45, 2.75) is 58.4 Å². The Hall–Kier alpha value is -2.89. The molecule has 6 nitrogen and oxygen atoms in total. The van der Waals surface area contributed by atoms with Crippen LogP contribution in [0.3, 0.4) is 0 Å². The maximum Gasteiger partial charge on any atom is 0.261 e. The average molecular weight is 410 g/mol. The molecule has 1 aliphatic carbocycles. The number of hydrazine groups is 1. The molecular formula is C24H31N3O3. The van der Waals surface area contributed by atoms with Crippen LogP contribution in [-0.2, 0) is 20.8 Å². The molecule has 1 aliphatic rings. The Bertz CT molecular complexity index is 898. The highest BCUT2D eigenvalue weighted by atomic mass is 16.2. The topological polar surface area (TPSA) is 87.3 Å². The van der Waals surface area contributed by atoms with E-state index in [-0.39, 0.29) is 30.1 Å². The summed E-state index contributed by atoms with van der Waals surface area (Å²) in [6, 6.07) is 13.1. The fourth-order valence-electron chi connectivity index (χ4n) is 4.05. The van der Waals surface area contributed by atoms with Crippen molar-refractivity contribution in [3.8, 4) is 0 Å². The fraction of sp³-hybridized carbons (Fsp3) is 0.458. The van der Waals surface area contributed by atoms with Gasteiger partial charge < -0.3 is 5.32 Å². The lowest BCUT2D eigenvalue weighted by Gasteiger charge is -2.24. The molecular weight excluding hydrogens is 378 g/mol. The molecule has 1 fully saturated rings. The largest absolute Gasteiger partial charge is 0.344 e. The number of fused-ring (bicyclic) bond motifs is 1. The normalized spacial score (nSPS) is 15.6. The molecule has 0 spiro atoms. The van der Waals surface area contributed by atoms with E-state index in [0.29, 0.717) is 0 Å². The predicted molar refractivity (Wildman–Crippen MR) is 117 cm³/mol. The van der Waals surface area contributed by atoms with E-state index < -0.39 is 11.9 Å². The second-order valence-corrected chi connectivity index (χ2v) is 8.42. The van der Waals surface area contributed by atoms with Crippen LogP contribution in [0.1, 0.15) is 51.5 Å². The number of hydrogen-bond donors (Lipinski definition) is 3. The maximum atomic E-state index is 12.7. The molecule has 6 heteroatoms. The minimum Gasteiger partial charge on any atom is -0.344 e. The van der Waals surface area contributed by atoms with Gasteiger partial charge in [-0.3, -0.25) is 25.2 Å². The van der Waals surface area contributed by atoms with Crippen LogP contribution in [0.5, 0.6) is 0 Å². The number of hydrogen-bond acceptors (Lipinski definition) is 3. The first-order chi connectivity index (χ1) is 14.5. The van der Waals surface area contributed by atoms with E-state index in [9.17, 15) is 14.4 Å². The van der Waals surface area contributed by atoms with E-state index in [4.69, 9.17) is 0 Å². The summed E-state index contributed by atoms with van der Waals surface area (Å²) in [5.41, 5.74) is 5.97. The lowest BCUT2D eigenvalue weighted by Crippen LogP contribution is -2.55. The first-order valence-electron chi connectivity index (χ1n) is 10.8. The van der Waals surface area contributed by atoms with Crippen LogP contribution in [-0.4, -0.2) is 23.8 Å². The molecule has 0 bridgehead atoms. The smallest absolute Gasteiger partial charge is 0.261 e. The van der Waals surface area contributed by atoms with E-state index in [2.05, 4.69) is 16.2 Å². The third-order valence-corrected chi connectivity index (χ3v) is 5.78. The van der Waals surface area contributed by atoms with Crippen LogP contribution in [0, 0.1) is 11.8 Å². The first kappa shape index (κ1) is 21.8. The van der Waals surface area contributed by atoms with Gasteiger partial charge in [0.05, 0.1) is 6.42 Å². The van der Waals surface area contributed by atoms with Gasteiger partial charge in [0, 0.05) is 5.92 Å². The molecule has 30 heavy (non-hydrogen) atoms. The summed E-state index contributed by atoms with van der Waals surface area (Å²) in [6.45, 7) is 3.73.